The van der Waals surface area contributed by atoms with Gasteiger partial charge < -0.3 is 5.32 Å². The van der Waals surface area contributed by atoms with Gasteiger partial charge in [0.15, 0.2) is 11.0 Å². The number of rotatable bonds is 8. The van der Waals surface area contributed by atoms with Crippen LogP contribution in [0.3, 0.4) is 0 Å². The topological polar surface area (TPSA) is 103 Å². The molecule has 1 aromatic heterocycles. The molecule has 0 aliphatic rings. The van der Waals surface area contributed by atoms with Gasteiger partial charge in [0, 0.05) is 29.5 Å². The van der Waals surface area contributed by atoms with Gasteiger partial charge in [-0.1, -0.05) is 49.9 Å². The number of amides is 1. The monoisotopic (exact) mass is 425 g/mol. The number of nitro benzene ring substituents is 1. The summed E-state index contributed by atoms with van der Waals surface area (Å²) in [6.07, 6.45) is 0. The van der Waals surface area contributed by atoms with Gasteiger partial charge in [-0.3, -0.25) is 19.5 Å². The van der Waals surface area contributed by atoms with Crippen molar-refractivity contribution in [1.29, 1.82) is 0 Å². The molecule has 3 aromatic rings. The van der Waals surface area contributed by atoms with Crippen LogP contribution in [0.1, 0.15) is 30.8 Å². The van der Waals surface area contributed by atoms with Crippen molar-refractivity contribution >= 4 is 23.4 Å². The van der Waals surface area contributed by atoms with Crippen molar-refractivity contribution in [2.24, 2.45) is 5.92 Å². The summed E-state index contributed by atoms with van der Waals surface area (Å²) in [5.41, 5.74) is 3.09. The zero-order valence-electron chi connectivity index (χ0n) is 17.0. The third-order valence-electron chi connectivity index (χ3n) is 4.58. The van der Waals surface area contributed by atoms with Gasteiger partial charge in [-0.25, -0.2) is 0 Å². The molecule has 9 heteroatoms. The predicted molar refractivity (Wildman–Crippen MR) is 115 cm³/mol. The Labute approximate surface area is 178 Å². The number of thioether (sulfide) groups is 1. The van der Waals surface area contributed by atoms with E-state index in [-0.39, 0.29) is 24.1 Å². The summed E-state index contributed by atoms with van der Waals surface area (Å²) in [6.45, 7) is 5.91. The second-order valence-electron chi connectivity index (χ2n) is 7.10. The Morgan fingerprint density at radius 3 is 2.50 bits per heavy atom. The minimum Gasteiger partial charge on any atom is -0.349 e. The zero-order chi connectivity index (χ0) is 21.7. The van der Waals surface area contributed by atoms with Crippen LogP contribution in [0.15, 0.2) is 53.7 Å². The Morgan fingerprint density at radius 2 is 1.87 bits per heavy atom. The second-order valence-corrected chi connectivity index (χ2v) is 8.04. The predicted octanol–water partition coefficient (Wildman–Crippen LogP) is 4.05. The summed E-state index contributed by atoms with van der Waals surface area (Å²) < 4.78 is 1.83. The van der Waals surface area contributed by atoms with Gasteiger partial charge in [-0.15, -0.1) is 10.2 Å². The van der Waals surface area contributed by atoms with Gasteiger partial charge in [-0.05, 0) is 30.2 Å². The highest BCUT2D eigenvalue weighted by molar-refractivity contribution is 7.98. The highest BCUT2D eigenvalue weighted by Gasteiger charge is 2.17. The third-order valence-corrected chi connectivity index (χ3v) is 5.56. The Bertz CT molecular complexity index is 1050. The normalized spacial score (nSPS) is 10.9. The minimum absolute atomic E-state index is 0.00981. The average molecular weight is 426 g/mol. The van der Waals surface area contributed by atoms with Crippen molar-refractivity contribution in [2.45, 2.75) is 38.2 Å². The van der Waals surface area contributed by atoms with Crippen molar-refractivity contribution in [3.63, 3.8) is 0 Å². The van der Waals surface area contributed by atoms with Crippen LogP contribution in [0.5, 0.6) is 0 Å². The Balaban J connectivity index is 1.90. The number of nitrogens with zero attached hydrogens (tertiary/aromatic N) is 4. The van der Waals surface area contributed by atoms with E-state index < -0.39 is 4.92 Å². The van der Waals surface area contributed by atoms with E-state index in [0.717, 1.165) is 0 Å². The maximum Gasteiger partial charge on any atom is 0.269 e. The molecule has 0 radical (unpaired) electrons. The van der Waals surface area contributed by atoms with E-state index in [0.29, 0.717) is 22.4 Å². The molecule has 156 valence electrons. The van der Waals surface area contributed by atoms with Crippen molar-refractivity contribution in [3.05, 3.63) is 75.6 Å². The van der Waals surface area contributed by atoms with Gasteiger partial charge >= 0.3 is 0 Å². The molecule has 0 aliphatic heterocycles. The van der Waals surface area contributed by atoms with Crippen LogP contribution in [-0.2, 0) is 17.1 Å². The first kappa shape index (κ1) is 21.5. The van der Waals surface area contributed by atoms with Crippen LogP contribution in [0.25, 0.3) is 5.69 Å². The summed E-state index contributed by atoms with van der Waals surface area (Å²) in [5, 5.41) is 23.1. The fraction of sp³-hybridized carbons (Fsp3) is 0.286. The molecule has 1 amide bonds. The number of benzene rings is 2. The molecule has 30 heavy (non-hydrogen) atoms. The fourth-order valence-corrected chi connectivity index (χ4v) is 3.82. The van der Waals surface area contributed by atoms with Gasteiger partial charge in [0.25, 0.3) is 5.69 Å². The summed E-state index contributed by atoms with van der Waals surface area (Å²) >= 11 is 1.52. The lowest BCUT2D eigenvalue weighted by Gasteiger charge is -2.12. The van der Waals surface area contributed by atoms with E-state index in [4.69, 9.17) is 0 Å². The van der Waals surface area contributed by atoms with E-state index in [1.165, 1.54) is 35.0 Å². The molecular weight excluding hydrogens is 402 g/mol. The van der Waals surface area contributed by atoms with Gasteiger partial charge in [0.2, 0.25) is 5.91 Å². The summed E-state index contributed by atoms with van der Waals surface area (Å²) in [5.74, 6) is 1.04. The first-order chi connectivity index (χ1) is 14.4. The molecule has 0 saturated carbocycles. The van der Waals surface area contributed by atoms with Gasteiger partial charge in [0.05, 0.1) is 11.5 Å². The molecule has 0 bridgehead atoms. The SMILES string of the molecule is Cc1ccccc1CSc1nnc(CNC(=O)C(C)C)n1-c1ccc([N+](=O)[O-])cc1. The van der Waals surface area contributed by atoms with Crippen LogP contribution in [-0.4, -0.2) is 25.6 Å². The summed E-state index contributed by atoms with van der Waals surface area (Å²) in [6, 6.07) is 14.3. The lowest BCUT2D eigenvalue weighted by molar-refractivity contribution is -0.384. The standard InChI is InChI=1S/C21H23N5O3S/c1-14(2)20(27)22-12-19-23-24-21(30-13-16-7-5-4-6-15(16)3)25(19)17-8-10-18(11-9-17)26(28)29/h4-11,14H,12-13H2,1-3H3,(H,22,27). The van der Waals surface area contributed by atoms with Crippen molar-refractivity contribution in [2.75, 3.05) is 0 Å². The molecular formula is C21H23N5O3S. The molecule has 1 N–H and O–H groups in total. The van der Waals surface area contributed by atoms with E-state index in [1.807, 2.05) is 30.5 Å². The number of aromatic nitrogens is 3. The number of carbonyl (C=O) groups excluding carboxylic acids is 1. The van der Waals surface area contributed by atoms with Crippen molar-refractivity contribution in [1.82, 2.24) is 20.1 Å². The summed E-state index contributed by atoms with van der Waals surface area (Å²) in [7, 11) is 0. The maximum absolute atomic E-state index is 12.0. The van der Waals surface area contributed by atoms with Crippen LogP contribution in [0.2, 0.25) is 0 Å². The highest BCUT2D eigenvalue weighted by atomic mass is 32.2. The molecule has 2 aromatic carbocycles. The number of non-ortho nitro benzene ring substituents is 1. The number of carbonyl (C=O) groups is 1. The van der Waals surface area contributed by atoms with E-state index >= 15 is 0 Å². The van der Waals surface area contributed by atoms with Crippen molar-refractivity contribution < 1.29 is 9.72 Å². The average Bonchev–Trinajstić information content (AvgIpc) is 3.14. The van der Waals surface area contributed by atoms with E-state index in [9.17, 15) is 14.9 Å². The Kier molecular flexibility index (Phi) is 6.83. The lowest BCUT2D eigenvalue weighted by atomic mass is 10.1. The molecule has 0 unspecified atom stereocenters. The van der Waals surface area contributed by atoms with E-state index in [1.54, 1.807) is 12.1 Å². The first-order valence-electron chi connectivity index (χ1n) is 9.51. The second kappa shape index (κ2) is 9.53. The molecule has 0 fully saturated rings. The fourth-order valence-electron chi connectivity index (χ4n) is 2.78. The van der Waals surface area contributed by atoms with Gasteiger partial charge in [-0.2, -0.15) is 0 Å². The highest BCUT2D eigenvalue weighted by Crippen LogP contribution is 2.27. The van der Waals surface area contributed by atoms with Gasteiger partial charge in [0.1, 0.15) is 0 Å². The van der Waals surface area contributed by atoms with E-state index in [2.05, 4.69) is 34.6 Å². The minimum atomic E-state index is -0.437. The quantitative estimate of drug-likeness (QED) is 0.332. The number of aryl methyl sites for hydroxylation is 1. The molecule has 3 rings (SSSR count). The molecule has 8 nitrogen and oxygen atoms in total. The number of hydrogen-bond donors (Lipinski definition) is 1. The number of nitro groups is 1. The van der Waals surface area contributed by atoms with Crippen LogP contribution in [0.4, 0.5) is 5.69 Å². The zero-order valence-corrected chi connectivity index (χ0v) is 17.8. The smallest absolute Gasteiger partial charge is 0.269 e. The van der Waals surface area contributed by atoms with Crippen LogP contribution in [0, 0.1) is 23.0 Å². The van der Waals surface area contributed by atoms with Crippen LogP contribution < -0.4 is 5.32 Å². The summed E-state index contributed by atoms with van der Waals surface area (Å²) in [4.78, 5) is 22.5. The first-order valence-corrected chi connectivity index (χ1v) is 10.5. The lowest BCUT2D eigenvalue weighted by Crippen LogP contribution is -2.28. The number of nitrogens with one attached hydrogen (secondary N) is 1. The maximum atomic E-state index is 12.0. The van der Waals surface area contributed by atoms with Crippen LogP contribution >= 0.6 is 11.8 Å². The third kappa shape index (κ3) is 5.04. The molecule has 0 saturated heterocycles. The molecule has 0 aliphatic carbocycles. The largest absolute Gasteiger partial charge is 0.349 e. The Hall–Kier alpha value is -3.20. The van der Waals surface area contributed by atoms with Crippen molar-refractivity contribution in [3.8, 4) is 5.69 Å². The Morgan fingerprint density at radius 1 is 1.17 bits per heavy atom. The molecule has 1 heterocycles. The molecule has 0 atom stereocenters. The molecule has 0 spiro atoms. The number of hydrogen-bond acceptors (Lipinski definition) is 6.